The van der Waals surface area contributed by atoms with E-state index in [9.17, 15) is 4.79 Å². The van der Waals surface area contributed by atoms with E-state index < -0.39 is 5.97 Å². The van der Waals surface area contributed by atoms with E-state index in [1.165, 1.54) is 6.08 Å². The third-order valence-electron chi connectivity index (χ3n) is 3.65. The molecule has 0 saturated heterocycles. The zero-order valence-corrected chi connectivity index (χ0v) is 14.9. The summed E-state index contributed by atoms with van der Waals surface area (Å²) in [6.45, 7) is 4.35. The summed E-state index contributed by atoms with van der Waals surface area (Å²) in [7, 11) is 0. The van der Waals surface area contributed by atoms with Crippen LogP contribution in [0, 0.1) is 6.92 Å². The van der Waals surface area contributed by atoms with Crippen molar-refractivity contribution in [2.75, 3.05) is 6.61 Å². The smallest absolute Gasteiger partial charge is 0.332 e. The lowest BCUT2D eigenvalue weighted by atomic mass is 10.2. The fraction of sp³-hybridized carbons (Fsp3) is 0.294. The number of hydrogen-bond acceptors (Lipinski definition) is 3. The van der Waals surface area contributed by atoms with Crippen molar-refractivity contribution >= 4 is 51.7 Å². The number of benzene rings is 1. The molecule has 0 saturated carbocycles. The summed E-state index contributed by atoms with van der Waals surface area (Å²) in [6.07, 6.45) is 3.23. The molecule has 0 spiro atoms. The number of aryl methyl sites for hydroxylation is 1. The maximum Gasteiger partial charge on any atom is 0.332 e. The Morgan fingerprint density at radius 2 is 2.17 bits per heavy atom. The second-order valence-electron chi connectivity index (χ2n) is 5.59. The highest BCUT2D eigenvalue weighted by Gasteiger charge is 2.12. The van der Waals surface area contributed by atoms with E-state index in [0.717, 1.165) is 35.0 Å². The molecule has 5 nitrogen and oxygen atoms in total. The van der Waals surface area contributed by atoms with E-state index in [0.29, 0.717) is 22.1 Å². The Bertz CT molecular complexity index is 989. The molecule has 1 aromatic carbocycles. The van der Waals surface area contributed by atoms with Crippen molar-refractivity contribution in [2.24, 2.45) is 0 Å². The monoisotopic (exact) mass is 365 g/mol. The second-order valence-corrected chi connectivity index (χ2v) is 6.39. The van der Waals surface area contributed by atoms with Crippen LogP contribution >= 0.6 is 23.2 Å². The number of rotatable bonds is 4. The van der Waals surface area contributed by atoms with Gasteiger partial charge >= 0.3 is 5.97 Å². The summed E-state index contributed by atoms with van der Waals surface area (Å²) in [4.78, 5) is 15.3. The Morgan fingerprint density at radius 1 is 1.38 bits per heavy atom. The van der Waals surface area contributed by atoms with Crippen LogP contribution in [0.2, 0.25) is 10.2 Å². The highest BCUT2D eigenvalue weighted by molar-refractivity contribution is 6.36. The molecule has 0 fully saturated rings. The molecule has 0 atom stereocenters. The predicted octanol–water partition coefficient (Wildman–Crippen LogP) is 3.84. The van der Waals surface area contributed by atoms with E-state index in [2.05, 4.69) is 10.1 Å². The molecular formula is C17H17Cl2N3O2. The summed E-state index contributed by atoms with van der Waals surface area (Å²) >= 11 is 12.4. The van der Waals surface area contributed by atoms with Gasteiger partial charge in [-0.05, 0) is 31.5 Å². The van der Waals surface area contributed by atoms with Crippen LogP contribution in [-0.4, -0.2) is 27.2 Å². The van der Waals surface area contributed by atoms with Gasteiger partial charge in [0.1, 0.15) is 0 Å². The van der Waals surface area contributed by atoms with E-state index in [-0.39, 0.29) is 0 Å². The first-order valence-electron chi connectivity index (χ1n) is 7.71. The van der Waals surface area contributed by atoms with E-state index in [4.69, 9.17) is 27.9 Å². The minimum Gasteiger partial charge on any atom is -0.462 e. The van der Waals surface area contributed by atoms with Crippen LogP contribution in [0.5, 0.6) is 0 Å². The van der Waals surface area contributed by atoms with Gasteiger partial charge in [-0.2, -0.15) is 5.10 Å². The summed E-state index contributed by atoms with van der Waals surface area (Å²) in [5.74, 6) is -0.403. The van der Waals surface area contributed by atoms with Gasteiger partial charge in [0.25, 0.3) is 0 Å². The van der Waals surface area contributed by atoms with Gasteiger partial charge in [-0.25, -0.2) is 9.31 Å². The van der Waals surface area contributed by atoms with Gasteiger partial charge in [0, 0.05) is 22.2 Å². The summed E-state index contributed by atoms with van der Waals surface area (Å²) < 4.78 is 6.84. The molecule has 0 aliphatic heterocycles. The fourth-order valence-electron chi connectivity index (χ4n) is 2.57. The molecule has 0 radical (unpaired) electrons. The van der Waals surface area contributed by atoms with Crippen molar-refractivity contribution in [2.45, 2.75) is 26.7 Å². The number of H-pyrrole nitrogens is 1. The zero-order chi connectivity index (χ0) is 17.3. The van der Waals surface area contributed by atoms with E-state index >= 15 is 0 Å². The zero-order valence-electron chi connectivity index (χ0n) is 13.4. The largest absolute Gasteiger partial charge is 0.462 e. The lowest BCUT2D eigenvalue weighted by Crippen LogP contribution is -2.16. The van der Waals surface area contributed by atoms with Gasteiger partial charge in [0.2, 0.25) is 0 Å². The van der Waals surface area contributed by atoms with Crippen molar-refractivity contribution in [3.63, 3.8) is 0 Å². The average molecular weight is 366 g/mol. The van der Waals surface area contributed by atoms with E-state index in [1.807, 2.05) is 19.9 Å². The number of halogens is 2. The lowest BCUT2D eigenvalue weighted by molar-refractivity contribution is -0.136. The molecule has 0 unspecified atom stereocenters. The molecule has 3 aromatic rings. The predicted molar refractivity (Wildman–Crippen MR) is 96.2 cm³/mol. The van der Waals surface area contributed by atoms with Gasteiger partial charge < -0.3 is 9.72 Å². The molecule has 2 heterocycles. The van der Waals surface area contributed by atoms with Crippen molar-refractivity contribution in [3.8, 4) is 0 Å². The first-order chi connectivity index (χ1) is 11.5. The first-order valence-corrected chi connectivity index (χ1v) is 8.47. The van der Waals surface area contributed by atoms with Crippen LogP contribution < -0.4 is 5.35 Å². The number of nitrogens with zero attached hydrogens (tertiary/aromatic N) is 2. The number of unbranched alkanes of at least 4 members (excludes halogenated alkanes) is 1. The highest BCUT2D eigenvalue weighted by atomic mass is 35.5. The molecule has 1 N–H and O–H groups in total. The van der Waals surface area contributed by atoms with Crippen LogP contribution in [0.4, 0.5) is 0 Å². The van der Waals surface area contributed by atoms with Gasteiger partial charge in [-0.15, -0.1) is 0 Å². The lowest BCUT2D eigenvalue weighted by Gasteiger charge is -1.99. The molecule has 7 heteroatoms. The van der Waals surface area contributed by atoms with Gasteiger partial charge in [-0.1, -0.05) is 36.5 Å². The van der Waals surface area contributed by atoms with Crippen LogP contribution in [-0.2, 0) is 9.53 Å². The molecule has 2 aromatic heterocycles. The Balaban J connectivity index is 2.24. The molecule has 0 bridgehead atoms. The number of carbonyl (C=O) groups excluding carboxylic acids is 1. The minimum absolute atomic E-state index is 0.328. The Kier molecular flexibility index (Phi) is 4.83. The van der Waals surface area contributed by atoms with Crippen molar-refractivity contribution in [1.82, 2.24) is 14.6 Å². The molecule has 0 aliphatic rings. The molecule has 126 valence electrons. The number of aromatic nitrogens is 3. The maximum absolute atomic E-state index is 12.1. The van der Waals surface area contributed by atoms with Gasteiger partial charge in [-0.3, -0.25) is 0 Å². The van der Waals surface area contributed by atoms with Gasteiger partial charge in [0.15, 0.2) is 5.15 Å². The van der Waals surface area contributed by atoms with E-state index in [1.54, 1.807) is 16.6 Å². The topological polar surface area (TPSA) is 59.4 Å². The fourth-order valence-corrected chi connectivity index (χ4v) is 3.01. The second kappa shape index (κ2) is 6.87. The highest BCUT2D eigenvalue weighted by Crippen LogP contribution is 2.28. The van der Waals surface area contributed by atoms with Crippen molar-refractivity contribution in [3.05, 3.63) is 39.4 Å². The molecule has 3 rings (SSSR count). The standard InChI is InChI=1S/C17H17Cl2N3O2/c1-3-4-5-24-15(23)9-12-6-10(2)20-14-8-11(18)7-13-16(14)22(12)21-17(13)19/h6-9,20H,3-5H2,1-2H3/b12-9+. The van der Waals surface area contributed by atoms with Gasteiger partial charge in [0.05, 0.1) is 23.0 Å². The third kappa shape index (κ3) is 3.28. The van der Waals surface area contributed by atoms with Crippen LogP contribution in [0.15, 0.2) is 18.2 Å². The molecule has 24 heavy (non-hydrogen) atoms. The maximum atomic E-state index is 12.1. The SMILES string of the molecule is CCCCOC(=O)/C=c1\cc(C)[nH]c2cc(Cl)cc3c(Cl)nn1c23. The Labute approximate surface area is 148 Å². The number of ether oxygens (including phenoxy) is 1. The third-order valence-corrected chi connectivity index (χ3v) is 4.14. The number of hydrogen-bond donors (Lipinski definition) is 1. The summed E-state index contributed by atoms with van der Waals surface area (Å²) in [5.41, 5.74) is 2.41. The Morgan fingerprint density at radius 3 is 2.92 bits per heavy atom. The van der Waals surface area contributed by atoms with Crippen molar-refractivity contribution in [1.29, 1.82) is 0 Å². The molecular weight excluding hydrogens is 349 g/mol. The van der Waals surface area contributed by atoms with Crippen LogP contribution in [0.3, 0.4) is 0 Å². The number of nitrogens with one attached hydrogen (secondary N) is 1. The summed E-state index contributed by atoms with van der Waals surface area (Å²) in [5, 5.41) is 6.54. The minimum atomic E-state index is -0.403. The molecule has 0 amide bonds. The van der Waals surface area contributed by atoms with Crippen LogP contribution in [0.1, 0.15) is 25.5 Å². The van der Waals surface area contributed by atoms with Crippen molar-refractivity contribution < 1.29 is 9.53 Å². The average Bonchev–Trinajstić information content (AvgIpc) is 2.77. The quantitative estimate of drug-likeness (QED) is 0.564. The molecule has 0 aliphatic carbocycles. The normalized spacial score (nSPS) is 12.2. The number of esters is 1. The number of carbonyl (C=O) groups is 1. The Hall–Kier alpha value is -1.98. The first kappa shape index (κ1) is 16.9. The number of aromatic amines is 1. The van der Waals surface area contributed by atoms with Crippen LogP contribution in [0.25, 0.3) is 22.5 Å². The summed E-state index contributed by atoms with van der Waals surface area (Å²) in [6, 6.07) is 5.38.